The van der Waals surface area contributed by atoms with Gasteiger partial charge in [0.1, 0.15) is 10.7 Å². The number of para-hydroxylation sites is 1. The third-order valence-corrected chi connectivity index (χ3v) is 6.39. The SMILES string of the molecule is CCOC1N=C2Oc3ccccc3C=C2S(=O)(=O)N1Cc1ccc(C(F)(F)F)cc1. The van der Waals surface area contributed by atoms with E-state index in [4.69, 9.17) is 9.47 Å². The summed E-state index contributed by atoms with van der Waals surface area (Å²) in [5, 5.41) is 0. The van der Waals surface area contributed by atoms with Gasteiger partial charge in [-0.1, -0.05) is 30.3 Å². The quantitative estimate of drug-likeness (QED) is 0.724. The highest BCUT2D eigenvalue weighted by Crippen LogP contribution is 2.36. The van der Waals surface area contributed by atoms with Gasteiger partial charge in [-0.15, -0.1) is 4.31 Å². The summed E-state index contributed by atoms with van der Waals surface area (Å²) in [6.45, 7) is 1.66. The van der Waals surface area contributed by atoms with Gasteiger partial charge < -0.3 is 9.47 Å². The van der Waals surface area contributed by atoms with Gasteiger partial charge >= 0.3 is 6.18 Å². The molecule has 2 aromatic rings. The molecular formula is C20H17F3N2O4S. The van der Waals surface area contributed by atoms with Crippen LogP contribution in [-0.4, -0.2) is 31.6 Å². The van der Waals surface area contributed by atoms with Crippen LogP contribution in [0.15, 0.2) is 58.4 Å². The molecule has 2 aromatic carbocycles. The van der Waals surface area contributed by atoms with Crippen LogP contribution in [-0.2, 0) is 27.5 Å². The van der Waals surface area contributed by atoms with E-state index in [1.54, 1.807) is 31.2 Å². The first-order chi connectivity index (χ1) is 14.2. The van der Waals surface area contributed by atoms with Crippen LogP contribution in [0.4, 0.5) is 13.2 Å². The Morgan fingerprint density at radius 3 is 2.50 bits per heavy atom. The molecule has 0 aromatic heterocycles. The van der Waals surface area contributed by atoms with E-state index in [1.807, 2.05) is 0 Å². The minimum Gasteiger partial charge on any atom is -0.437 e. The smallest absolute Gasteiger partial charge is 0.416 e. The second kappa shape index (κ2) is 7.53. The maximum Gasteiger partial charge on any atom is 0.416 e. The molecule has 1 atom stereocenters. The molecule has 0 bridgehead atoms. The third kappa shape index (κ3) is 3.73. The number of ether oxygens (including phenoxy) is 2. The molecule has 10 heteroatoms. The molecule has 0 fully saturated rings. The number of aliphatic imine (C=N–C) groups is 1. The lowest BCUT2D eigenvalue weighted by Gasteiger charge is -2.34. The van der Waals surface area contributed by atoms with Crippen molar-refractivity contribution in [1.29, 1.82) is 0 Å². The van der Waals surface area contributed by atoms with Gasteiger partial charge in [-0.2, -0.15) is 13.2 Å². The van der Waals surface area contributed by atoms with Gasteiger partial charge in [-0.3, -0.25) is 0 Å². The van der Waals surface area contributed by atoms with E-state index in [1.165, 1.54) is 18.2 Å². The average Bonchev–Trinajstić information content (AvgIpc) is 2.70. The number of rotatable bonds is 4. The van der Waals surface area contributed by atoms with Crippen LogP contribution in [0.3, 0.4) is 0 Å². The summed E-state index contributed by atoms with van der Waals surface area (Å²) in [4.78, 5) is 4.17. The number of fused-ring (bicyclic) bond motifs is 2. The number of hydrogen-bond donors (Lipinski definition) is 0. The molecule has 2 aliphatic heterocycles. The maximum atomic E-state index is 13.3. The second-order valence-corrected chi connectivity index (χ2v) is 8.47. The Kier molecular flexibility index (Phi) is 5.16. The lowest BCUT2D eigenvalue weighted by molar-refractivity contribution is -0.137. The predicted octanol–water partition coefficient (Wildman–Crippen LogP) is 4.00. The van der Waals surface area contributed by atoms with Crippen LogP contribution in [0.1, 0.15) is 23.6 Å². The Bertz CT molecular complexity index is 1130. The zero-order valence-electron chi connectivity index (χ0n) is 15.8. The van der Waals surface area contributed by atoms with Crippen molar-refractivity contribution in [2.45, 2.75) is 26.0 Å². The van der Waals surface area contributed by atoms with Crippen LogP contribution in [0.25, 0.3) is 6.08 Å². The van der Waals surface area contributed by atoms with Crippen molar-refractivity contribution >= 4 is 22.0 Å². The molecular weight excluding hydrogens is 421 g/mol. The van der Waals surface area contributed by atoms with Crippen LogP contribution in [0.2, 0.25) is 0 Å². The maximum absolute atomic E-state index is 13.3. The molecule has 0 spiro atoms. The molecule has 0 amide bonds. The first-order valence-corrected chi connectivity index (χ1v) is 10.5. The summed E-state index contributed by atoms with van der Waals surface area (Å²) in [7, 11) is -4.08. The number of sulfonamides is 1. The Morgan fingerprint density at radius 2 is 1.83 bits per heavy atom. The summed E-state index contributed by atoms with van der Waals surface area (Å²) in [6.07, 6.45) is -4.20. The van der Waals surface area contributed by atoms with Gasteiger partial charge in [0.05, 0.1) is 5.56 Å². The molecule has 0 saturated heterocycles. The van der Waals surface area contributed by atoms with E-state index >= 15 is 0 Å². The van der Waals surface area contributed by atoms with Crippen LogP contribution >= 0.6 is 0 Å². The van der Waals surface area contributed by atoms with E-state index in [2.05, 4.69) is 4.99 Å². The zero-order valence-corrected chi connectivity index (χ0v) is 16.6. The van der Waals surface area contributed by atoms with Crippen molar-refractivity contribution in [3.63, 3.8) is 0 Å². The highest BCUT2D eigenvalue weighted by Gasteiger charge is 2.43. The minimum atomic E-state index is -4.47. The van der Waals surface area contributed by atoms with Gasteiger partial charge in [-0.05, 0) is 36.8 Å². The predicted molar refractivity (Wildman–Crippen MR) is 104 cm³/mol. The molecule has 0 saturated carbocycles. The normalized spacial score (nSPS) is 20.5. The monoisotopic (exact) mass is 438 g/mol. The number of alkyl halides is 3. The third-order valence-electron chi connectivity index (χ3n) is 4.62. The number of halogens is 3. The van der Waals surface area contributed by atoms with E-state index < -0.39 is 28.1 Å². The number of nitrogens with zero attached hydrogens (tertiary/aromatic N) is 2. The fourth-order valence-electron chi connectivity index (χ4n) is 3.15. The van der Waals surface area contributed by atoms with Crippen molar-refractivity contribution in [2.24, 2.45) is 4.99 Å². The zero-order chi connectivity index (χ0) is 21.5. The van der Waals surface area contributed by atoms with Crippen LogP contribution < -0.4 is 4.74 Å². The molecule has 6 nitrogen and oxygen atoms in total. The fraction of sp³-hybridized carbons (Fsp3) is 0.250. The van der Waals surface area contributed by atoms with E-state index in [9.17, 15) is 21.6 Å². The Labute approximate surface area is 171 Å². The summed E-state index contributed by atoms with van der Waals surface area (Å²) in [5.74, 6) is 0.400. The van der Waals surface area contributed by atoms with Crippen molar-refractivity contribution in [3.8, 4) is 5.75 Å². The molecule has 0 N–H and O–H groups in total. The second-order valence-electron chi connectivity index (χ2n) is 6.61. The molecule has 2 heterocycles. The lowest BCUT2D eigenvalue weighted by Crippen LogP contribution is -2.47. The van der Waals surface area contributed by atoms with Gasteiger partial charge in [0.15, 0.2) is 0 Å². The fourth-order valence-corrected chi connectivity index (χ4v) is 4.65. The van der Waals surface area contributed by atoms with Crippen LogP contribution in [0, 0.1) is 0 Å². The molecule has 30 heavy (non-hydrogen) atoms. The first kappa shape index (κ1) is 20.6. The molecule has 0 radical (unpaired) electrons. The summed E-state index contributed by atoms with van der Waals surface area (Å²) >= 11 is 0. The average molecular weight is 438 g/mol. The van der Waals surface area contributed by atoms with E-state index in [0.717, 1.165) is 16.4 Å². The summed E-state index contributed by atoms with van der Waals surface area (Å²) < 4.78 is 77.2. The summed E-state index contributed by atoms with van der Waals surface area (Å²) in [5.41, 5.74) is 0.140. The molecule has 1 unspecified atom stereocenters. The van der Waals surface area contributed by atoms with Gasteiger partial charge in [0.2, 0.25) is 12.2 Å². The topological polar surface area (TPSA) is 68.2 Å². The van der Waals surface area contributed by atoms with Crippen molar-refractivity contribution in [3.05, 3.63) is 70.1 Å². The molecule has 4 rings (SSSR count). The van der Waals surface area contributed by atoms with E-state index in [-0.39, 0.29) is 24.0 Å². The van der Waals surface area contributed by atoms with Gasteiger partial charge in [0, 0.05) is 18.7 Å². The number of benzene rings is 2. The Balaban J connectivity index is 1.72. The Morgan fingerprint density at radius 1 is 1.13 bits per heavy atom. The molecule has 0 aliphatic carbocycles. The standard InChI is InChI=1S/C20H17F3N2O4S/c1-2-28-19-24-18-17(11-14-5-3-4-6-16(14)29-18)30(26,27)25(19)12-13-7-9-15(10-8-13)20(21,22)23/h3-11,19H,2,12H2,1H3. The molecule has 2 aliphatic rings. The Hall–Kier alpha value is -2.69. The summed E-state index contributed by atoms with van der Waals surface area (Å²) in [6, 6.07) is 11.2. The van der Waals surface area contributed by atoms with Crippen LogP contribution in [0.5, 0.6) is 5.75 Å². The lowest BCUT2D eigenvalue weighted by atomic mass is 10.1. The largest absolute Gasteiger partial charge is 0.437 e. The minimum absolute atomic E-state index is 0.0733. The van der Waals surface area contributed by atoms with Gasteiger partial charge in [0.25, 0.3) is 10.0 Å². The van der Waals surface area contributed by atoms with Crippen molar-refractivity contribution in [1.82, 2.24) is 4.31 Å². The first-order valence-electron chi connectivity index (χ1n) is 9.06. The van der Waals surface area contributed by atoms with Crippen molar-refractivity contribution in [2.75, 3.05) is 6.61 Å². The number of hydrogen-bond acceptors (Lipinski definition) is 5. The van der Waals surface area contributed by atoms with E-state index in [0.29, 0.717) is 16.9 Å². The van der Waals surface area contributed by atoms with Crippen molar-refractivity contribution < 1.29 is 31.1 Å². The highest BCUT2D eigenvalue weighted by molar-refractivity contribution is 7.94. The molecule has 158 valence electrons. The highest BCUT2D eigenvalue weighted by atomic mass is 32.2. The van der Waals surface area contributed by atoms with Gasteiger partial charge in [-0.25, -0.2) is 13.4 Å².